The van der Waals surface area contributed by atoms with E-state index in [2.05, 4.69) is 35.7 Å². The number of amides is 1. The van der Waals surface area contributed by atoms with Crippen LogP contribution in [0.4, 0.5) is 0 Å². The van der Waals surface area contributed by atoms with Gasteiger partial charge in [0.25, 0.3) is 0 Å². The van der Waals surface area contributed by atoms with Gasteiger partial charge in [0.05, 0.1) is 12.1 Å². The molecule has 118 valence electrons. The Morgan fingerprint density at radius 1 is 1.36 bits per heavy atom. The van der Waals surface area contributed by atoms with Crippen LogP contribution in [0, 0.1) is 17.2 Å². The van der Waals surface area contributed by atoms with Crippen molar-refractivity contribution in [2.75, 3.05) is 13.1 Å². The molecule has 3 rings (SSSR count). The molecule has 3 atom stereocenters. The van der Waals surface area contributed by atoms with Crippen molar-refractivity contribution in [3.05, 3.63) is 35.9 Å². The summed E-state index contributed by atoms with van der Waals surface area (Å²) in [6.45, 7) is 1.62. The van der Waals surface area contributed by atoms with Crippen LogP contribution >= 0.6 is 12.4 Å². The first-order valence-corrected chi connectivity index (χ1v) is 7.75. The van der Waals surface area contributed by atoms with Crippen LogP contribution < -0.4 is 5.32 Å². The Morgan fingerprint density at radius 3 is 2.86 bits per heavy atom. The van der Waals surface area contributed by atoms with Crippen molar-refractivity contribution in [3.63, 3.8) is 0 Å². The van der Waals surface area contributed by atoms with Crippen molar-refractivity contribution >= 4 is 18.3 Å². The second-order valence-corrected chi connectivity index (χ2v) is 6.07. The van der Waals surface area contributed by atoms with Crippen LogP contribution in [-0.4, -0.2) is 36.0 Å². The van der Waals surface area contributed by atoms with Gasteiger partial charge >= 0.3 is 0 Å². The van der Waals surface area contributed by atoms with Crippen molar-refractivity contribution in [1.82, 2.24) is 10.2 Å². The lowest BCUT2D eigenvalue weighted by Crippen LogP contribution is -2.45. The summed E-state index contributed by atoms with van der Waals surface area (Å²) < 4.78 is 0. The van der Waals surface area contributed by atoms with Gasteiger partial charge in [0.15, 0.2) is 0 Å². The standard InChI is InChI=1S/C17H21N3O.ClH/c18-11-15-7-4-8-20(15)17(21)16-10-14(12-19-16)9-13-5-2-1-3-6-13;/h1-3,5-6,14-16,19H,4,7-10,12H2;1H/t14?,15-,16?;/m0./s1. The maximum Gasteiger partial charge on any atom is 0.240 e. The zero-order chi connectivity index (χ0) is 14.7. The zero-order valence-electron chi connectivity index (χ0n) is 12.6. The summed E-state index contributed by atoms with van der Waals surface area (Å²) in [5, 5.41) is 12.5. The lowest BCUT2D eigenvalue weighted by Gasteiger charge is -2.23. The molecule has 0 spiro atoms. The van der Waals surface area contributed by atoms with E-state index in [4.69, 9.17) is 5.26 Å². The van der Waals surface area contributed by atoms with Crippen molar-refractivity contribution in [2.24, 2.45) is 5.92 Å². The molecule has 1 amide bonds. The van der Waals surface area contributed by atoms with E-state index in [0.29, 0.717) is 5.92 Å². The van der Waals surface area contributed by atoms with E-state index in [-0.39, 0.29) is 30.4 Å². The molecule has 4 nitrogen and oxygen atoms in total. The minimum atomic E-state index is -0.215. The maximum atomic E-state index is 12.5. The summed E-state index contributed by atoms with van der Waals surface area (Å²) in [6.07, 6.45) is 3.66. The Balaban J connectivity index is 0.00000176. The number of nitrogens with one attached hydrogen (secondary N) is 1. The zero-order valence-corrected chi connectivity index (χ0v) is 13.4. The molecular weight excluding hydrogens is 298 g/mol. The molecule has 1 aromatic rings. The average molecular weight is 320 g/mol. The third kappa shape index (κ3) is 3.60. The molecule has 1 aromatic carbocycles. The van der Waals surface area contributed by atoms with Crippen LogP contribution in [0.25, 0.3) is 0 Å². The highest BCUT2D eigenvalue weighted by Gasteiger charge is 2.36. The smallest absolute Gasteiger partial charge is 0.240 e. The van der Waals surface area contributed by atoms with Crippen molar-refractivity contribution < 1.29 is 4.79 Å². The van der Waals surface area contributed by atoms with Gasteiger partial charge in [0.1, 0.15) is 6.04 Å². The first-order chi connectivity index (χ1) is 10.3. The van der Waals surface area contributed by atoms with Gasteiger partial charge < -0.3 is 10.2 Å². The summed E-state index contributed by atoms with van der Waals surface area (Å²) in [5.74, 6) is 0.624. The van der Waals surface area contributed by atoms with Crippen LogP contribution in [0.15, 0.2) is 30.3 Å². The van der Waals surface area contributed by atoms with Gasteiger partial charge in [0.2, 0.25) is 5.91 Å². The first-order valence-electron chi connectivity index (χ1n) is 7.75. The Bertz CT molecular complexity index is 543. The summed E-state index contributed by atoms with van der Waals surface area (Å²) in [7, 11) is 0. The van der Waals surface area contributed by atoms with Crippen LogP contribution in [0.1, 0.15) is 24.8 Å². The fourth-order valence-corrected chi connectivity index (χ4v) is 3.46. The fourth-order valence-electron chi connectivity index (χ4n) is 3.46. The fraction of sp³-hybridized carbons (Fsp3) is 0.529. The van der Waals surface area contributed by atoms with E-state index < -0.39 is 0 Å². The highest BCUT2D eigenvalue weighted by Crippen LogP contribution is 2.24. The second-order valence-electron chi connectivity index (χ2n) is 6.07. The number of likely N-dealkylation sites (tertiary alicyclic amines) is 1. The largest absolute Gasteiger partial charge is 0.325 e. The van der Waals surface area contributed by atoms with Crippen molar-refractivity contribution in [1.29, 1.82) is 5.26 Å². The maximum absolute atomic E-state index is 12.5. The number of carbonyl (C=O) groups is 1. The van der Waals surface area contributed by atoms with Gasteiger partial charge in [0, 0.05) is 6.54 Å². The number of hydrogen-bond donors (Lipinski definition) is 1. The molecule has 0 bridgehead atoms. The van der Waals surface area contributed by atoms with Crippen LogP contribution in [0.2, 0.25) is 0 Å². The van der Waals surface area contributed by atoms with Gasteiger partial charge in [-0.05, 0) is 43.7 Å². The Morgan fingerprint density at radius 2 is 2.14 bits per heavy atom. The highest BCUT2D eigenvalue weighted by atomic mass is 35.5. The second kappa shape index (κ2) is 7.62. The van der Waals surface area contributed by atoms with Crippen molar-refractivity contribution in [2.45, 2.75) is 37.8 Å². The lowest BCUT2D eigenvalue weighted by molar-refractivity contribution is -0.133. The summed E-state index contributed by atoms with van der Waals surface area (Å²) in [4.78, 5) is 14.3. The van der Waals surface area contributed by atoms with Crippen LogP contribution in [-0.2, 0) is 11.2 Å². The molecular formula is C17H22ClN3O. The monoisotopic (exact) mass is 319 g/mol. The number of halogens is 1. The molecule has 0 radical (unpaired) electrons. The Labute approximate surface area is 137 Å². The van der Waals surface area contributed by atoms with E-state index in [1.807, 2.05) is 6.07 Å². The Kier molecular flexibility index (Phi) is 5.82. The number of benzene rings is 1. The van der Waals surface area contributed by atoms with Gasteiger partial charge in [-0.1, -0.05) is 30.3 Å². The molecule has 5 heteroatoms. The quantitative estimate of drug-likeness (QED) is 0.928. The van der Waals surface area contributed by atoms with E-state index >= 15 is 0 Å². The molecule has 2 unspecified atom stereocenters. The number of hydrogen-bond acceptors (Lipinski definition) is 3. The van der Waals surface area contributed by atoms with Gasteiger partial charge in [-0.25, -0.2) is 0 Å². The van der Waals surface area contributed by atoms with Gasteiger partial charge in [-0.15, -0.1) is 12.4 Å². The number of nitrogens with zero attached hydrogens (tertiary/aromatic N) is 2. The summed E-state index contributed by atoms with van der Waals surface area (Å²) >= 11 is 0. The minimum Gasteiger partial charge on any atom is -0.325 e. The summed E-state index contributed by atoms with van der Waals surface area (Å²) in [6, 6.07) is 12.3. The molecule has 1 N–H and O–H groups in total. The number of rotatable bonds is 3. The summed E-state index contributed by atoms with van der Waals surface area (Å²) in [5.41, 5.74) is 1.33. The molecule has 22 heavy (non-hydrogen) atoms. The average Bonchev–Trinajstić information content (AvgIpc) is 3.16. The predicted octanol–water partition coefficient (Wildman–Crippen LogP) is 2.14. The molecule has 2 fully saturated rings. The first kappa shape index (κ1) is 16.8. The van der Waals surface area contributed by atoms with E-state index in [9.17, 15) is 4.79 Å². The predicted molar refractivity (Wildman–Crippen MR) is 87.6 cm³/mol. The topological polar surface area (TPSA) is 56.1 Å². The lowest BCUT2D eigenvalue weighted by atomic mass is 9.96. The third-order valence-electron chi connectivity index (χ3n) is 4.57. The normalized spacial score (nSPS) is 27.2. The molecule has 0 aromatic heterocycles. The van der Waals surface area contributed by atoms with E-state index in [0.717, 1.165) is 38.8 Å². The molecule has 2 heterocycles. The van der Waals surface area contributed by atoms with Crippen molar-refractivity contribution in [3.8, 4) is 6.07 Å². The van der Waals surface area contributed by atoms with Crippen LogP contribution in [0.5, 0.6) is 0 Å². The molecule has 2 saturated heterocycles. The van der Waals surface area contributed by atoms with Crippen LogP contribution in [0.3, 0.4) is 0 Å². The van der Waals surface area contributed by atoms with Gasteiger partial charge in [-0.3, -0.25) is 4.79 Å². The number of nitriles is 1. The minimum absolute atomic E-state index is 0. The molecule has 2 aliphatic heterocycles. The highest BCUT2D eigenvalue weighted by molar-refractivity contribution is 5.85. The third-order valence-corrected chi connectivity index (χ3v) is 4.57. The van der Waals surface area contributed by atoms with Gasteiger partial charge in [-0.2, -0.15) is 5.26 Å². The molecule has 0 aliphatic carbocycles. The SMILES string of the molecule is Cl.N#C[C@@H]1CCCN1C(=O)C1CC(Cc2ccccc2)CN1. The Hall–Kier alpha value is -1.57. The molecule has 0 saturated carbocycles. The van der Waals surface area contributed by atoms with E-state index in [1.165, 1.54) is 5.56 Å². The van der Waals surface area contributed by atoms with E-state index in [1.54, 1.807) is 4.90 Å². The molecule has 2 aliphatic rings. The number of carbonyl (C=O) groups excluding carboxylic acids is 1.